The summed E-state index contributed by atoms with van der Waals surface area (Å²) < 4.78 is 110. The molecule has 0 aliphatic rings. The lowest BCUT2D eigenvalue weighted by Crippen LogP contribution is -2.03. The van der Waals surface area contributed by atoms with Crippen molar-refractivity contribution in [3.05, 3.63) is 46.5 Å². The number of phenolic OH excluding ortho intramolecular Hbond substituents is 2. The average molecular weight is 354 g/mol. The van der Waals surface area contributed by atoms with Crippen molar-refractivity contribution < 1.29 is 45.3 Å². The zero-order valence-corrected chi connectivity index (χ0v) is 10.9. The van der Waals surface area contributed by atoms with Crippen LogP contribution in [0.15, 0.2) is 0 Å². The van der Waals surface area contributed by atoms with Gasteiger partial charge in [0.05, 0.1) is 10.8 Å². The van der Waals surface area contributed by atoms with Gasteiger partial charge in [0.2, 0.25) is 11.6 Å². The molecule has 0 fully saturated rings. The summed E-state index contributed by atoms with van der Waals surface area (Å²) in [6.07, 6.45) is 0. The predicted octanol–water partition coefficient (Wildman–Crippen LogP) is 4.52. The van der Waals surface area contributed by atoms with Gasteiger partial charge in [-0.15, -0.1) is 0 Å². The van der Waals surface area contributed by atoms with Gasteiger partial charge in [-0.3, -0.25) is 0 Å². The second-order valence-corrected chi connectivity index (χ2v) is 4.71. The molecule has 3 aromatic carbocycles. The number of benzene rings is 3. The number of hydrogen-bond acceptors (Lipinski definition) is 2. The van der Waals surface area contributed by atoms with Crippen LogP contribution in [-0.2, 0) is 0 Å². The van der Waals surface area contributed by atoms with Crippen molar-refractivity contribution in [1.82, 2.24) is 0 Å². The van der Waals surface area contributed by atoms with Crippen molar-refractivity contribution in [1.29, 1.82) is 0 Å². The molecule has 2 nitrogen and oxygen atoms in total. The summed E-state index contributed by atoms with van der Waals surface area (Å²) >= 11 is 0. The summed E-state index contributed by atoms with van der Waals surface area (Å²) in [6, 6.07) is 0. The standard InChI is InChI=1S/C14H2F8O2/c15-5-2-1-3(9(19)14(24)11(21)6(1)16)7(17)8(18)4(2)13(23)12(22)10(5)20/h23-24H. The Morgan fingerprint density at radius 3 is 1.29 bits per heavy atom. The second kappa shape index (κ2) is 4.86. The lowest BCUT2D eigenvalue weighted by atomic mass is 9.97. The minimum atomic E-state index is -2.40. The summed E-state index contributed by atoms with van der Waals surface area (Å²) in [5.41, 5.74) is 0. The first-order valence-corrected chi connectivity index (χ1v) is 5.96. The molecule has 126 valence electrons. The number of phenols is 2. The topological polar surface area (TPSA) is 40.5 Å². The van der Waals surface area contributed by atoms with Crippen LogP contribution in [0.25, 0.3) is 21.5 Å². The maximum atomic E-state index is 14.0. The maximum Gasteiger partial charge on any atom is 0.204 e. The van der Waals surface area contributed by atoms with Gasteiger partial charge in [-0.05, 0) is 0 Å². The van der Waals surface area contributed by atoms with E-state index in [1.54, 1.807) is 0 Å². The van der Waals surface area contributed by atoms with Crippen LogP contribution >= 0.6 is 0 Å². The number of halogens is 8. The van der Waals surface area contributed by atoms with Crippen LogP contribution in [0.2, 0.25) is 0 Å². The molecule has 24 heavy (non-hydrogen) atoms. The molecule has 0 aliphatic carbocycles. The number of aromatic hydroxyl groups is 2. The normalized spacial score (nSPS) is 11.7. The predicted molar refractivity (Wildman–Crippen MR) is 64.4 cm³/mol. The Labute approximate surface area is 126 Å². The molecule has 0 saturated carbocycles. The van der Waals surface area contributed by atoms with Crippen LogP contribution in [0.1, 0.15) is 0 Å². The Balaban J connectivity index is 2.87. The van der Waals surface area contributed by atoms with Crippen LogP contribution in [0, 0.1) is 46.5 Å². The largest absolute Gasteiger partial charge is 0.504 e. The molecule has 0 bridgehead atoms. The van der Waals surface area contributed by atoms with Crippen LogP contribution < -0.4 is 0 Å². The summed E-state index contributed by atoms with van der Waals surface area (Å²) in [7, 11) is 0. The van der Waals surface area contributed by atoms with Gasteiger partial charge in [0, 0.05) is 10.8 Å². The Hall–Kier alpha value is -2.78. The smallest absolute Gasteiger partial charge is 0.204 e. The first kappa shape index (κ1) is 16.1. The van der Waals surface area contributed by atoms with Crippen molar-refractivity contribution in [3.8, 4) is 11.5 Å². The molecular weight excluding hydrogens is 352 g/mol. The highest BCUT2D eigenvalue weighted by Gasteiger charge is 2.32. The van der Waals surface area contributed by atoms with Crippen LogP contribution in [0.4, 0.5) is 35.1 Å². The summed E-state index contributed by atoms with van der Waals surface area (Å²) in [4.78, 5) is 0. The average Bonchev–Trinajstić information content (AvgIpc) is 2.56. The van der Waals surface area contributed by atoms with Gasteiger partial charge in [0.1, 0.15) is 0 Å². The summed E-state index contributed by atoms with van der Waals surface area (Å²) in [5.74, 6) is -22.2. The molecule has 0 saturated heterocycles. The van der Waals surface area contributed by atoms with E-state index in [9.17, 15) is 40.2 Å². The molecule has 0 aliphatic heterocycles. The lowest BCUT2D eigenvalue weighted by Gasteiger charge is -2.13. The molecule has 0 spiro atoms. The third-order valence-corrected chi connectivity index (χ3v) is 3.48. The summed E-state index contributed by atoms with van der Waals surface area (Å²) in [5, 5.41) is 11.7. The van der Waals surface area contributed by atoms with Crippen molar-refractivity contribution in [3.63, 3.8) is 0 Å². The quantitative estimate of drug-likeness (QED) is 0.270. The van der Waals surface area contributed by atoms with Gasteiger partial charge in [-0.25, -0.2) is 26.3 Å². The van der Waals surface area contributed by atoms with E-state index in [-0.39, 0.29) is 0 Å². The molecule has 0 aromatic heterocycles. The van der Waals surface area contributed by atoms with Gasteiger partial charge in [-0.2, -0.15) is 8.78 Å². The Bertz CT molecular complexity index is 976. The Morgan fingerprint density at radius 2 is 0.708 bits per heavy atom. The van der Waals surface area contributed by atoms with Crippen molar-refractivity contribution in [2.24, 2.45) is 0 Å². The molecule has 0 unspecified atom stereocenters. The van der Waals surface area contributed by atoms with Gasteiger partial charge >= 0.3 is 0 Å². The molecule has 2 N–H and O–H groups in total. The van der Waals surface area contributed by atoms with Crippen molar-refractivity contribution in [2.75, 3.05) is 0 Å². The highest BCUT2D eigenvalue weighted by Crippen LogP contribution is 2.44. The molecular formula is C14H2F8O2. The zero-order chi connectivity index (χ0) is 18.1. The zero-order valence-electron chi connectivity index (χ0n) is 10.9. The molecule has 0 radical (unpaired) electrons. The van der Waals surface area contributed by atoms with Crippen molar-refractivity contribution in [2.45, 2.75) is 0 Å². The minimum Gasteiger partial charge on any atom is -0.504 e. The van der Waals surface area contributed by atoms with Crippen LogP contribution in [0.5, 0.6) is 11.5 Å². The van der Waals surface area contributed by atoms with Gasteiger partial charge in [0.25, 0.3) is 0 Å². The number of rotatable bonds is 0. The van der Waals surface area contributed by atoms with E-state index in [0.717, 1.165) is 0 Å². The fourth-order valence-electron chi connectivity index (χ4n) is 2.40. The maximum absolute atomic E-state index is 14.0. The lowest BCUT2D eigenvalue weighted by molar-refractivity contribution is 0.379. The molecule has 0 atom stereocenters. The van der Waals surface area contributed by atoms with E-state index in [4.69, 9.17) is 5.11 Å². The minimum absolute atomic E-state index is 1.63. The first-order valence-electron chi connectivity index (χ1n) is 5.96. The molecule has 0 heterocycles. The van der Waals surface area contributed by atoms with Gasteiger partial charge in [-0.1, -0.05) is 0 Å². The third-order valence-electron chi connectivity index (χ3n) is 3.48. The van der Waals surface area contributed by atoms with E-state index in [0.29, 0.717) is 0 Å². The molecule has 0 amide bonds. The van der Waals surface area contributed by atoms with Crippen molar-refractivity contribution >= 4 is 21.5 Å². The summed E-state index contributed by atoms with van der Waals surface area (Å²) in [6.45, 7) is 0. The van der Waals surface area contributed by atoms with E-state index in [1.807, 2.05) is 0 Å². The van der Waals surface area contributed by atoms with Crippen LogP contribution in [-0.4, -0.2) is 10.2 Å². The Morgan fingerprint density at radius 1 is 0.333 bits per heavy atom. The van der Waals surface area contributed by atoms with Crippen LogP contribution in [0.3, 0.4) is 0 Å². The highest BCUT2D eigenvalue weighted by molar-refractivity contribution is 6.11. The monoisotopic (exact) mass is 354 g/mol. The van der Waals surface area contributed by atoms with Gasteiger partial charge < -0.3 is 10.2 Å². The fourth-order valence-corrected chi connectivity index (χ4v) is 2.40. The third kappa shape index (κ3) is 1.70. The fraction of sp³-hybridized carbons (Fsp3) is 0. The van der Waals surface area contributed by atoms with E-state index < -0.39 is 79.6 Å². The first-order chi connectivity index (χ1) is 11.1. The van der Waals surface area contributed by atoms with Gasteiger partial charge in [0.15, 0.2) is 46.4 Å². The van der Waals surface area contributed by atoms with E-state index in [2.05, 4.69) is 0 Å². The second-order valence-electron chi connectivity index (χ2n) is 4.71. The van der Waals surface area contributed by atoms with E-state index in [1.165, 1.54) is 0 Å². The molecule has 10 heteroatoms. The number of hydrogen-bond donors (Lipinski definition) is 2. The number of fused-ring (bicyclic) bond motifs is 3. The highest BCUT2D eigenvalue weighted by atomic mass is 19.2. The Kier molecular flexibility index (Phi) is 3.26. The molecule has 3 aromatic rings. The molecule has 3 rings (SSSR count). The van der Waals surface area contributed by atoms with E-state index >= 15 is 0 Å². The SMILES string of the molecule is Oc1c(F)c(F)c2c(c1F)c(F)c(F)c1c(O)c(F)c(F)c(F)c12.